The molecule has 0 fully saturated rings. The van der Waals surface area contributed by atoms with E-state index in [1.165, 1.54) is 48.0 Å². The number of thiophene rings is 1. The monoisotopic (exact) mass is 569 g/mol. The molecule has 2 aliphatic rings. The van der Waals surface area contributed by atoms with Crippen molar-refractivity contribution in [3.05, 3.63) is 167 Å². The van der Waals surface area contributed by atoms with Crippen LogP contribution >= 0.6 is 11.3 Å². The Labute approximate surface area is 254 Å². The highest BCUT2D eigenvalue weighted by atomic mass is 32.1. The lowest BCUT2D eigenvalue weighted by Gasteiger charge is -2.35. The van der Waals surface area contributed by atoms with Gasteiger partial charge in [-0.2, -0.15) is 0 Å². The summed E-state index contributed by atoms with van der Waals surface area (Å²) < 4.78 is 8.16. The average molecular weight is 570 g/mol. The van der Waals surface area contributed by atoms with Crippen molar-refractivity contribution in [2.24, 2.45) is 0 Å². The third-order valence-electron chi connectivity index (χ3n) is 8.84. The van der Waals surface area contributed by atoms with E-state index in [1.54, 1.807) is 0 Å². The SMILES string of the molecule is C1=C(N(c2ccccc2)c2ccc(-c3cccc4ccccc34)cc2)C2Oc3ccccc3C2c2sc3ccccc3c21. The molecule has 1 aliphatic heterocycles. The lowest BCUT2D eigenvalue weighted by molar-refractivity contribution is 0.253. The molecule has 0 radical (unpaired) electrons. The first-order chi connectivity index (χ1) is 21.3. The van der Waals surface area contributed by atoms with Gasteiger partial charge in [0.2, 0.25) is 0 Å². The maximum absolute atomic E-state index is 6.84. The second-order valence-electron chi connectivity index (χ2n) is 11.2. The number of para-hydroxylation sites is 2. The zero-order valence-corrected chi connectivity index (χ0v) is 24.2. The molecule has 0 bridgehead atoms. The zero-order chi connectivity index (χ0) is 28.3. The van der Waals surface area contributed by atoms with Crippen LogP contribution in [0.3, 0.4) is 0 Å². The minimum atomic E-state index is -0.129. The molecule has 2 unspecified atom stereocenters. The van der Waals surface area contributed by atoms with Gasteiger partial charge in [-0.3, -0.25) is 0 Å². The summed E-state index contributed by atoms with van der Waals surface area (Å²) in [6, 6.07) is 52.2. The Hall–Kier alpha value is -5.12. The van der Waals surface area contributed by atoms with Crippen molar-refractivity contribution >= 4 is 49.6 Å². The van der Waals surface area contributed by atoms with Gasteiger partial charge in [0, 0.05) is 31.9 Å². The van der Waals surface area contributed by atoms with E-state index in [-0.39, 0.29) is 12.0 Å². The normalized spacial score (nSPS) is 16.7. The Balaban J connectivity index is 1.23. The van der Waals surface area contributed by atoms with Gasteiger partial charge in [-0.05, 0) is 69.9 Å². The van der Waals surface area contributed by atoms with E-state index in [0.717, 1.165) is 22.8 Å². The number of anilines is 2. The summed E-state index contributed by atoms with van der Waals surface area (Å²) in [5.74, 6) is 1.12. The molecule has 6 aromatic carbocycles. The van der Waals surface area contributed by atoms with Gasteiger partial charge in [-0.15, -0.1) is 11.3 Å². The molecule has 2 atom stereocenters. The Morgan fingerprint density at radius 1 is 0.581 bits per heavy atom. The minimum absolute atomic E-state index is 0.129. The summed E-state index contributed by atoms with van der Waals surface area (Å²) in [6.07, 6.45) is 2.25. The third kappa shape index (κ3) is 3.86. The Kier molecular flexibility index (Phi) is 5.53. The number of benzene rings is 6. The molecule has 2 nitrogen and oxygen atoms in total. The zero-order valence-electron chi connectivity index (χ0n) is 23.4. The van der Waals surface area contributed by atoms with Crippen molar-refractivity contribution in [1.29, 1.82) is 0 Å². The van der Waals surface area contributed by atoms with Gasteiger partial charge < -0.3 is 9.64 Å². The first-order valence-corrected chi connectivity index (χ1v) is 15.6. The van der Waals surface area contributed by atoms with Crippen molar-refractivity contribution in [2.45, 2.75) is 12.0 Å². The van der Waals surface area contributed by atoms with E-state index in [2.05, 4.69) is 157 Å². The van der Waals surface area contributed by atoms with E-state index >= 15 is 0 Å². The quantitative estimate of drug-likeness (QED) is 0.209. The Morgan fingerprint density at radius 3 is 2.16 bits per heavy atom. The van der Waals surface area contributed by atoms with Crippen LogP contribution in [0.4, 0.5) is 11.4 Å². The summed E-state index contributed by atoms with van der Waals surface area (Å²) in [5.41, 5.74) is 8.42. The molecule has 1 aliphatic carbocycles. The highest BCUT2D eigenvalue weighted by Crippen LogP contribution is 2.54. The summed E-state index contributed by atoms with van der Waals surface area (Å²) in [4.78, 5) is 3.78. The van der Waals surface area contributed by atoms with Crippen LogP contribution in [0.2, 0.25) is 0 Å². The van der Waals surface area contributed by atoms with E-state index in [1.807, 2.05) is 11.3 Å². The highest BCUT2D eigenvalue weighted by molar-refractivity contribution is 7.19. The summed E-state index contributed by atoms with van der Waals surface area (Å²) in [6.45, 7) is 0. The molecule has 1 aromatic heterocycles. The minimum Gasteiger partial charge on any atom is -0.483 e. The van der Waals surface area contributed by atoms with Crippen molar-refractivity contribution < 1.29 is 4.74 Å². The fourth-order valence-corrected chi connectivity index (χ4v) is 8.23. The summed E-state index contributed by atoms with van der Waals surface area (Å²) in [5, 5.41) is 3.83. The molecule has 204 valence electrons. The molecule has 0 spiro atoms. The average Bonchev–Trinajstić information content (AvgIpc) is 3.64. The maximum atomic E-state index is 6.84. The number of nitrogens with zero attached hydrogens (tertiary/aromatic N) is 1. The first kappa shape index (κ1) is 24.5. The van der Waals surface area contributed by atoms with Crippen LogP contribution in [0.5, 0.6) is 5.75 Å². The van der Waals surface area contributed by atoms with E-state index in [4.69, 9.17) is 4.74 Å². The summed E-state index contributed by atoms with van der Waals surface area (Å²) in [7, 11) is 0. The molecule has 0 saturated heterocycles. The molecule has 0 saturated carbocycles. The van der Waals surface area contributed by atoms with Crippen LogP contribution in [0.1, 0.15) is 21.9 Å². The van der Waals surface area contributed by atoms with Crippen LogP contribution in [-0.4, -0.2) is 6.10 Å². The standard InChI is InChI=1S/C40H27NOS/c1-2-13-28(14-3-1)41(29-23-21-27(22-24-29)31-18-10-12-26-11-4-5-15-30(26)31)35-25-34-32-16-7-9-20-37(32)43-40(34)38-33-17-6-8-19-36(33)42-39(35)38/h1-25,38-39H. The Morgan fingerprint density at radius 2 is 1.28 bits per heavy atom. The molecule has 2 heterocycles. The topological polar surface area (TPSA) is 12.5 Å². The van der Waals surface area contributed by atoms with E-state index in [0.29, 0.717) is 0 Å². The predicted octanol–water partition coefficient (Wildman–Crippen LogP) is 10.8. The van der Waals surface area contributed by atoms with Crippen LogP contribution in [0.15, 0.2) is 151 Å². The number of rotatable bonds is 4. The molecule has 0 amide bonds. The fourth-order valence-electron chi connectivity index (χ4n) is 6.90. The lowest BCUT2D eigenvalue weighted by atomic mass is 9.84. The van der Waals surface area contributed by atoms with Gasteiger partial charge >= 0.3 is 0 Å². The molecular formula is C40H27NOS. The van der Waals surface area contributed by atoms with Gasteiger partial charge in [0.25, 0.3) is 0 Å². The third-order valence-corrected chi connectivity index (χ3v) is 10.1. The van der Waals surface area contributed by atoms with Crippen molar-refractivity contribution in [3.8, 4) is 16.9 Å². The van der Waals surface area contributed by atoms with Crippen LogP contribution < -0.4 is 9.64 Å². The molecule has 9 rings (SSSR count). The predicted molar refractivity (Wildman–Crippen MR) is 180 cm³/mol. The second-order valence-corrected chi connectivity index (χ2v) is 12.3. The number of hydrogen-bond acceptors (Lipinski definition) is 3. The smallest absolute Gasteiger partial charge is 0.151 e. The number of hydrogen-bond donors (Lipinski definition) is 0. The largest absolute Gasteiger partial charge is 0.483 e. The van der Waals surface area contributed by atoms with Crippen molar-refractivity contribution in [2.75, 3.05) is 4.90 Å². The van der Waals surface area contributed by atoms with Crippen LogP contribution in [0.25, 0.3) is 38.1 Å². The van der Waals surface area contributed by atoms with Crippen molar-refractivity contribution in [3.63, 3.8) is 0 Å². The van der Waals surface area contributed by atoms with Crippen LogP contribution in [-0.2, 0) is 0 Å². The van der Waals surface area contributed by atoms with Gasteiger partial charge in [0.1, 0.15) is 5.75 Å². The summed E-state index contributed by atoms with van der Waals surface area (Å²) >= 11 is 1.90. The van der Waals surface area contributed by atoms with Gasteiger partial charge in [0.15, 0.2) is 6.10 Å². The van der Waals surface area contributed by atoms with E-state index < -0.39 is 0 Å². The number of ether oxygens (including phenoxy) is 1. The lowest BCUT2D eigenvalue weighted by Crippen LogP contribution is -2.34. The molecular weight excluding hydrogens is 543 g/mol. The van der Waals surface area contributed by atoms with Crippen molar-refractivity contribution in [1.82, 2.24) is 0 Å². The van der Waals surface area contributed by atoms with Crippen LogP contribution in [0, 0.1) is 0 Å². The molecule has 7 aromatic rings. The number of fused-ring (bicyclic) bond motifs is 8. The van der Waals surface area contributed by atoms with Gasteiger partial charge in [-0.25, -0.2) is 0 Å². The maximum Gasteiger partial charge on any atom is 0.151 e. The first-order valence-electron chi connectivity index (χ1n) is 14.8. The van der Waals surface area contributed by atoms with Gasteiger partial charge in [-0.1, -0.05) is 109 Å². The van der Waals surface area contributed by atoms with Gasteiger partial charge in [0.05, 0.1) is 11.6 Å². The molecule has 43 heavy (non-hydrogen) atoms. The second kappa shape index (κ2) is 9.72. The fraction of sp³-hybridized carbons (Fsp3) is 0.0500. The van der Waals surface area contributed by atoms with E-state index in [9.17, 15) is 0 Å². The molecule has 3 heteroatoms. The highest BCUT2D eigenvalue weighted by Gasteiger charge is 2.45. The molecule has 0 N–H and O–H groups in total. The Bertz CT molecular complexity index is 2170.